The molecule has 0 saturated heterocycles. The number of carbonyl (C=O) groups is 1. The van der Waals surface area contributed by atoms with Gasteiger partial charge in [-0.25, -0.2) is 4.79 Å². The van der Waals surface area contributed by atoms with Gasteiger partial charge in [-0.3, -0.25) is 0 Å². The van der Waals surface area contributed by atoms with Crippen molar-refractivity contribution in [1.29, 1.82) is 0 Å². The number of aromatic carboxylic acids is 1. The maximum atomic E-state index is 10.9. The number of benzene rings is 1. The lowest BCUT2D eigenvalue weighted by molar-refractivity contribution is 0.0696. The Morgan fingerprint density at radius 3 is 2.53 bits per heavy atom. The Hall–Kier alpha value is -1.51. The van der Waals surface area contributed by atoms with Gasteiger partial charge in [-0.2, -0.15) is 0 Å². The van der Waals surface area contributed by atoms with Gasteiger partial charge in [-0.05, 0) is 44.0 Å². The molecule has 3 nitrogen and oxygen atoms in total. The molecule has 0 atom stereocenters. The Labute approximate surface area is 89.7 Å². The van der Waals surface area contributed by atoms with Gasteiger partial charge in [-0.1, -0.05) is 6.92 Å². The molecule has 0 aliphatic rings. The summed E-state index contributed by atoms with van der Waals surface area (Å²) in [5.74, 6) is -0.291. The van der Waals surface area contributed by atoms with Crippen LogP contribution >= 0.6 is 0 Å². The Balaban J connectivity index is 3.05. The van der Waals surface area contributed by atoms with E-state index in [0.29, 0.717) is 5.75 Å². The molecule has 1 aromatic carbocycles. The van der Waals surface area contributed by atoms with E-state index in [1.165, 1.54) is 0 Å². The minimum atomic E-state index is -0.918. The van der Waals surface area contributed by atoms with Gasteiger partial charge in [0.15, 0.2) is 0 Å². The van der Waals surface area contributed by atoms with Crippen molar-refractivity contribution in [1.82, 2.24) is 0 Å². The van der Waals surface area contributed by atoms with Crippen molar-refractivity contribution in [2.45, 2.75) is 33.3 Å². The third-order valence-electron chi connectivity index (χ3n) is 1.99. The highest BCUT2D eigenvalue weighted by Gasteiger charge is 2.07. The van der Waals surface area contributed by atoms with E-state index in [1.807, 2.05) is 26.8 Å². The number of carboxylic acids is 1. The van der Waals surface area contributed by atoms with Crippen molar-refractivity contribution in [2.24, 2.45) is 0 Å². The third-order valence-corrected chi connectivity index (χ3v) is 1.99. The van der Waals surface area contributed by atoms with Crippen molar-refractivity contribution in [2.75, 3.05) is 0 Å². The zero-order chi connectivity index (χ0) is 11.4. The van der Waals surface area contributed by atoms with Gasteiger partial charge in [-0.15, -0.1) is 0 Å². The van der Waals surface area contributed by atoms with Crippen LogP contribution < -0.4 is 4.74 Å². The fourth-order valence-electron chi connectivity index (χ4n) is 1.33. The summed E-state index contributed by atoms with van der Waals surface area (Å²) in [6.07, 6.45) is 0.856. The summed E-state index contributed by atoms with van der Waals surface area (Å²) < 4.78 is 5.48. The van der Waals surface area contributed by atoms with Gasteiger partial charge in [0.05, 0.1) is 11.7 Å². The number of aryl methyl sites for hydroxylation is 1. The van der Waals surface area contributed by atoms with Gasteiger partial charge >= 0.3 is 5.97 Å². The second-order valence-corrected chi connectivity index (χ2v) is 3.69. The molecule has 1 N–H and O–H groups in total. The number of rotatable bonds is 4. The van der Waals surface area contributed by atoms with Gasteiger partial charge in [0.1, 0.15) is 5.75 Å². The second-order valence-electron chi connectivity index (χ2n) is 3.69. The summed E-state index contributed by atoms with van der Waals surface area (Å²) in [6.45, 7) is 5.82. The molecule has 15 heavy (non-hydrogen) atoms. The molecule has 0 aromatic heterocycles. The Kier molecular flexibility index (Phi) is 3.72. The molecule has 0 bridgehead atoms. The molecule has 0 unspecified atom stereocenters. The fraction of sp³-hybridized carbons (Fsp3) is 0.417. The zero-order valence-corrected chi connectivity index (χ0v) is 9.28. The van der Waals surface area contributed by atoms with Gasteiger partial charge < -0.3 is 9.84 Å². The SMILES string of the molecule is CCc1cc(OC(C)C)cc(C(=O)O)c1. The van der Waals surface area contributed by atoms with Crippen LogP contribution in [0.25, 0.3) is 0 Å². The van der Waals surface area contributed by atoms with Gasteiger partial charge in [0.2, 0.25) is 0 Å². The van der Waals surface area contributed by atoms with E-state index in [-0.39, 0.29) is 11.7 Å². The first-order valence-corrected chi connectivity index (χ1v) is 5.06. The molecule has 0 aliphatic carbocycles. The minimum absolute atomic E-state index is 0.0544. The standard InChI is InChI=1S/C12H16O3/c1-4-9-5-10(12(13)14)7-11(6-9)15-8(2)3/h5-8H,4H2,1-3H3,(H,13,14). The largest absolute Gasteiger partial charge is 0.491 e. The van der Waals surface area contributed by atoms with Crippen LogP contribution in [0.4, 0.5) is 0 Å². The Morgan fingerprint density at radius 2 is 2.07 bits per heavy atom. The second kappa shape index (κ2) is 4.82. The molecule has 0 heterocycles. The quantitative estimate of drug-likeness (QED) is 0.827. The van der Waals surface area contributed by atoms with E-state index >= 15 is 0 Å². The first-order chi connectivity index (χ1) is 7.02. The summed E-state index contributed by atoms with van der Waals surface area (Å²) in [7, 11) is 0. The highest BCUT2D eigenvalue weighted by atomic mass is 16.5. The van der Waals surface area contributed by atoms with Crippen molar-refractivity contribution < 1.29 is 14.6 Å². The third kappa shape index (κ3) is 3.27. The van der Waals surface area contributed by atoms with E-state index in [9.17, 15) is 4.79 Å². The first kappa shape index (κ1) is 11.6. The average molecular weight is 208 g/mol. The topological polar surface area (TPSA) is 46.5 Å². The maximum Gasteiger partial charge on any atom is 0.335 e. The number of hydrogen-bond acceptors (Lipinski definition) is 2. The normalized spacial score (nSPS) is 10.4. The van der Waals surface area contributed by atoms with E-state index in [4.69, 9.17) is 9.84 Å². The predicted molar refractivity (Wildman–Crippen MR) is 58.5 cm³/mol. The molecule has 0 spiro atoms. The maximum absolute atomic E-state index is 10.9. The smallest absolute Gasteiger partial charge is 0.335 e. The molecule has 3 heteroatoms. The summed E-state index contributed by atoms with van der Waals surface area (Å²) in [6, 6.07) is 5.11. The lowest BCUT2D eigenvalue weighted by Crippen LogP contribution is -2.07. The summed E-state index contributed by atoms with van der Waals surface area (Å²) in [4.78, 5) is 10.9. The van der Waals surface area contributed by atoms with Crippen LogP contribution in [0.3, 0.4) is 0 Å². The van der Waals surface area contributed by atoms with Crippen molar-refractivity contribution in [3.63, 3.8) is 0 Å². The number of ether oxygens (including phenoxy) is 1. The molecule has 0 aliphatic heterocycles. The summed E-state index contributed by atoms with van der Waals surface area (Å²) >= 11 is 0. The van der Waals surface area contributed by atoms with Crippen LogP contribution in [0.2, 0.25) is 0 Å². The lowest BCUT2D eigenvalue weighted by atomic mass is 10.1. The molecule has 82 valence electrons. The molecule has 1 aromatic rings. The van der Waals surface area contributed by atoms with Crippen LogP contribution in [-0.2, 0) is 6.42 Å². The monoisotopic (exact) mass is 208 g/mol. The lowest BCUT2D eigenvalue weighted by Gasteiger charge is -2.11. The van der Waals surface area contributed by atoms with E-state index in [1.54, 1.807) is 12.1 Å². The highest BCUT2D eigenvalue weighted by molar-refractivity contribution is 5.88. The van der Waals surface area contributed by atoms with E-state index < -0.39 is 5.97 Å². The molecule has 0 fully saturated rings. The van der Waals surface area contributed by atoms with Gasteiger partial charge in [0.25, 0.3) is 0 Å². The van der Waals surface area contributed by atoms with Crippen LogP contribution in [0.5, 0.6) is 5.75 Å². The van der Waals surface area contributed by atoms with Crippen LogP contribution in [0, 0.1) is 0 Å². The molecular formula is C12H16O3. The number of carboxylic acid groups (broad SMARTS) is 1. The van der Waals surface area contributed by atoms with Crippen LogP contribution in [-0.4, -0.2) is 17.2 Å². The summed E-state index contributed by atoms with van der Waals surface area (Å²) in [5.41, 5.74) is 1.26. The fourth-order valence-corrected chi connectivity index (χ4v) is 1.33. The number of hydrogen-bond donors (Lipinski definition) is 1. The first-order valence-electron chi connectivity index (χ1n) is 5.06. The highest BCUT2D eigenvalue weighted by Crippen LogP contribution is 2.19. The van der Waals surface area contributed by atoms with E-state index in [2.05, 4.69) is 0 Å². The average Bonchev–Trinajstić information content (AvgIpc) is 2.16. The van der Waals surface area contributed by atoms with Crippen molar-refractivity contribution in [3.05, 3.63) is 29.3 Å². The van der Waals surface area contributed by atoms with Crippen LogP contribution in [0.15, 0.2) is 18.2 Å². The zero-order valence-electron chi connectivity index (χ0n) is 9.28. The van der Waals surface area contributed by atoms with Crippen LogP contribution in [0.1, 0.15) is 36.7 Å². The molecular weight excluding hydrogens is 192 g/mol. The Morgan fingerprint density at radius 1 is 1.40 bits per heavy atom. The molecule has 1 rings (SSSR count). The van der Waals surface area contributed by atoms with Gasteiger partial charge in [0, 0.05) is 0 Å². The minimum Gasteiger partial charge on any atom is -0.491 e. The van der Waals surface area contributed by atoms with Crippen molar-refractivity contribution in [3.8, 4) is 5.75 Å². The molecule has 0 saturated carbocycles. The van der Waals surface area contributed by atoms with Crippen molar-refractivity contribution >= 4 is 5.97 Å². The van der Waals surface area contributed by atoms with E-state index in [0.717, 1.165) is 12.0 Å². The molecule has 0 amide bonds. The summed E-state index contributed by atoms with van der Waals surface area (Å²) in [5, 5.41) is 8.91. The predicted octanol–water partition coefficient (Wildman–Crippen LogP) is 2.73. The Bertz CT molecular complexity index is 356. The molecule has 0 radical (unpaired) electrons.